The van der Waals surface area contributed by atoms with Crippen molar-refractivity contribution in [3.8, 4) is 0 Å². The van der Waals surface area contributed by atoms with E-state index in [1.165, 1.54) is 0 Å². The molecule has 0 aliphatic carbocycles. The minimum atomic E-state index is 0. The topological polar surface area (TPSA) is 56.5 Å². The van der Waals surface area contributed by atoms with Crippen LogP contribution in [0.5, 0.6) is 0 Å². The highest BCUT2D eigenvalue weighted by Crippen LogP contribution is 1.58. The summed E-state index contributed by atoms with van der Waals surface area (Å²) in [6.07, 6.45) is 0. The number of rotatable bonds is 1. The van der Waals surface area contributed by atoms with Gasteiger partial charge in [-0.25, -0.2) is 0 Å². The summed E-state index contributed by atoms with van der Waals surface area (Å²) in [5.41, 5.74) is 4.95. The van der Waals surface area contributed by atoms with E-state index in [4.69, 9.17) is 5.73 Å². The molecule has 3 radical (unpaired) electrons. The zero-order valence-electron chi connectivity index (χ0n) is 2.89. The van der Waals surface area contributed by atoms with E-state index in [-0.39, 0.29) is 6.15 Å². The summed E-state index contributed by atoms with van der Waals surface area (Å²) in [5.74, 6) is 0.792. The third kappa shape index (κ3) is 13.6. The maximum absolute atomic E-state index is 4.95. The SMILES string of the molecule is NCCS.[N]. The molecule has 0 aromatic rings. The highest BCUT2D eigenvalue weighted by atomic mass is 32.1. The number of hydrogen-bond donors (Lipinski definition) is 2. The molecule has 3 heteroatoms. The van der Waals surface area contributed by atoms with Gasteiger partial charge in [0.15, 0.2) is 0 Å². The van der Waals surface area contributed by atoms with Crippen LogP contribution in [0.2, 0.25) is 0 Å². The van der Waals surface area contributed by atoms with Crippen molar-refractivity contribution in [3.05, 3.63) is 0 Å². The second-order valence-corrected chi connectivity index (χ2v) is 0.959. The van der Waals surface area contributed by atoms with Crippen LogP contribution >= 0.6 is 12.6 Å². The van der Waals surface area contributed by atoms with Gasteiger partial charge in [0, 0.05) is 18.4 Å². The van der Waals surface area contributed by atoms with Crippen molar-refractivity contribution in [1.82, 2.24) is 6.15 Å². The highest BCUT2D eigenvalue weighted by molar-refractivity contribution is 7.80. The second kappa shape index (κ2) is 8.86. The zero-order chi connectivity index (χ0) is 3.41. The molecular weight excluding hydrogens is 84.1 g/mol. The van der Waals surface area contributed by atoms with Crippen LogP contribution in [-0.2, 0) is 0 Å². The van der Waals surface area contributed by atoms with E-state index >= 15 is 0 Å². The van der Waals surface area contributed by atoms with Crippen molar-refractivity contribution in [1.29, 1.82) is 0 Å². The molecule has 0 bridgehead atoms. The van der Waals surface area contributed by atoms with Crippen LogP contribution in [0.15, 0.2) is 0 Å². The first-order valence-corrected chi connectivity index (χ1v) is 1.86. The molecule has 0 rings (SSSR count). The van der Waals surface area contributed by atoms with E-state index in [0.717, 1.165) is 5.75 Å². The lowest BCUT2D eigenvalue weighted by Crippen LogP contribution is -1.97. The molecule has 0 fully saturated rings. The predicted molar refractivity (Wildman–Crippen MR) is 25.0 cm³/mol. The van der Waals surface area contributed by atoms with Gasteiger partial charge in [0.25, 0.3) is 0 Å². The van der Waals surface area contributed by atoms with Gasteiger partial charge in [-0.2, -0.15) is 12.6 Å². The lowest BCUT2D eigenvalue weighted by Gasteiger charge is -1.69. The Morgan fingerprint density at radius 1 is 1.60 bits per heavy atom. The summed E-state index contributed by atoms with van der Waals surface area (Å²) in [7, 11) is 0. The molecule has 0 amide bonds. The molecule has 0 aliphatic heterocycles. The molecule has 0 aromatic carbocycles. The average Bonchev–Trinajstić information content (AvgIpc) is 1.37. The third-order valence-electron chi connectivity index (χ3n) is 0.129. The Morgan fingerprint density at radius 3 is 1.80 bits per heavy atom. The van der Waals surface area contributed by atoms with Gasteiger partial charge in [-0.05, 0) is 0 Å². The summed E-state index contributed by atoms with van der Waals surface area (Å²) in [6.45, 7) is 0.684. The number of nitrogens with two attached hydrogens (primary N) is 1. The Morgan fingerprint density at radius 2 is 1.80 bits per heavy atom. The quantitative estimate of drug-likeness (QED) is 0.416. The fraction of sp³-hybridized carbons (Fsp3) is 1.00. The monoisotopic (exact) mass is 91.0 g/mol. The minimum absolute atomic E-state index is 0. The molecule has 0 heterocycles. The standard InChI is InChI=1S/C2H7NS.N/c3-1-2-4;/h4H,1-3H2;. The van der Waals surface area contributed by atoms with Crippen LogP contribution < -0.4 is 11.9 Å². The molecule has 0 aliphatic rings. The van der Waals surface area contributed by atoms with Crippen molar-refractivity contribution >= 4 is 12.6 Å². The molecule has 0 spiro atoms. The molecule has 0 atom stereocenters. The van der Waals surface area contributed by atoms with Crippen LogP contribution in [-0.4, -0.2) is 12.3 Å². The van der Waals surface area contributed by atoms with Crippen molar-refractivity contribution in [2.75, 3.05) is 12.3 Å². The molecule has 0 saturated carbocycles. The fourth-order valence-electron chi connectivity index (χ4n) is 0. The van der Waals surface area contributed by atoms with Crippen molar-refractivity contribution < 1.29 is 0 Å². The van der Waals surface area contributed by atoms with Gasteiger partial charge in [-0.3, -0.25) is 0 Å². The Balaban J connectivity index is 0. The summed E-state index contributed by atoms with van der Waals surface area (Å²) in [4.78, 5) is 0. The largest absolute Gasteiger partial charge is 0.330 e. The summed E-state index contributed by atoms with van der Waals surface area (Å²) in [5, 5.41) is 0. The maximum Gasteiger partial charge on any atom is 0.00255 e. The minimum Gasteiger partial charge on any atom is -0.330 e. The van der Waals surface area contributed by atoms with Gasteiger partial charge < -0.3 is 5.73 Å². The summed E-state index contributed by atoms with van der Waals surface area (Å²) < 4.78 is 0. The Labute approximate surface area is 37.7 Å². The van der Waals surface area contributed by atoms with E-state index in [0.29, 0.717) is 6.54 Å². The molecule has 2 N–H and O–H groups in total. The van der Waals surface area contributed by atoms with Crippen LogP contribution in [0, 0.1) is 0 Å². The van der Waals surface area contributed by atoms with Gasteiger partial charge in [-0.1, -0.05) is 0 Å². The Hall–Kier alpha value is 0.270. The molecular formula is C2H7N2S. The first-order chi connectivity index (χ1) is 1.91. The van der Waals surface area contributed by atoms with Crippen molar-refractivity contribution in [3.63, 3.8) is 0 Å². The van der Waals surface area contributed by atoms with E-state index in [1.54, 1.807) is 0 Å². The van der Waals surface area contributed by atoms with Crippen LogP contribution in [0.1, 0.15) is 0 Å². The molecule has 0 unspecified atom stereocenters. The zero-order valence-corrected chi connectivity index (χ0v) is 3.78. The number of hydrogen-bond acceptors (Lipinski definition) is 2. The number of thiol groups is 1. The summed E-state index contributed by atoms with van der Waals surface area (Å²) in [6, 6.07) is 0. The van der Waals surface area contributed by atoms with E-state index in [9.17, 15) is 0 Å². The third-order valence-corrected chi connectivity index (χ3v) is 0.387. The predicted octanol–water partition coefficient (Wildman–Crippen LogP) is -0.606. The molecule has 5 heavy (non-hydrogen) atoms. The normalized spacial score (nSPS) is 6.00. The second-order valence-electron chi connectivity index (χ2n) is 0.512. The Bertz CT molecular complexity index is 9.61. The maximum atomic E-state index is 4.95. The van der Waals surface area contributed by atoms with Gasteiger partial charge in [-0.15, -0.1) is 0 Å². The van der Waals surface area contributed by atoms with Gasteiger partial charge in [0.05, 0.1) is 0 Å². The van der Waals surface area contributed by atoms with Crippen LogP contribution in [0.4, 0.5) is 0 Å². The summed E-state index contributed by atoms with van der Waals surface area (Å²) >= 11 is 3.80. The van der Waals surface area contributed by atoms with E-state index < -0.39 is 0 Å². The lowest BCUT2D eigenvalue weighted by molar-refractivity contribution is 1.16. The van der Waals surface area contributed by atoms with Crippen molar-refractivity contribution in [2.45, 2.75) is 0 Å². The van der Waals surface area contributed by atoms with Gasteiger partial charge in [0.2, 0.25) is 0 Å². The average molecular weight is 91.2 g/mol. The highest BCUT2D eigenvalue weighted by Gasteiger charge is 1.56. The lowest BCUT2D eigenvalue weighted by atomic mass is 10.8. The smallest absolute Gasteiger partial charge is 0.00255 e. The first kappa shape index (κ1) is 8.99. The molecule has 0 saturated heterocycles. The van der Waals surface area contributed by atoms with Crippen LogP contribution in [0.25, 0.3) is 0 Å². The molecule has 31 valence electrons. The Kier molecular flexibility index (Phi) is 15.9. The fourth-order valence-corrected chi connectivity index (χ4v) is 0. The van der Waals surface area contributed by atoms with E-state index in [1.807, 2.05) is 0 Å². The van der Waals surface area contributed by atoms with E-state index in [2.05, 4.69) is 12.6 Å². The molecule has 0 aromatic heterocycles. The van der Waals surface area contributed by atoms with Crippen molar-refractivity contribution in [2.24, 2.45) is 5.73 Å². The first-order valence-electron chi connectivity index (χ1n) is 1.22. The van der Waals surface area contributed by atoms with Crippen LogP contribution in [0.3, 0.4) is 0 Å². The van der Waals surface area contributed by atoms with Gasteiger partial charge >= 0.3 is 0 Å². The number of nitrogens with zero attached hydrogens (tertiary/aromatic N) is 1. The van der Waals surface area contributed by atoms with Gasteiger partial charge in [0.1, 0.15) is 0 Å². The molecule has 2 nitrogen and oxygen atoms in total.